The predicted octanol–water partition coefficient (Wildman–Crippen LogP) is 4.43. The molecule has 112 valence electrons. The maximum Gasteiger partial charge on any atom is 0.0640 e. The van der Waals surface area contributed by atoms with Crippen molar-refractivity contribution < 1.29 is 0 Å². The summed E-state index contributed by atoms with van der Waals surface area (Å²) < 4.78 is 0. The van der Waals surface area contributed by atoms with Crippen LogP contribution < -0.4 is 5.73 Å². The van der Waals surface area contributed by atoms with Crippen molar-refractivity contribution >= 4 is 23.2 Å². The predicted molar refractivity (Wildman–Crippen MR) is 90.9 cm³/mol. The molecule has 0 aromatic heterocycles. The van der Waals surface area contributed by atoms with E-state index < -0.39 is 0 Å². The molecular weight excluding hydrogens is 303 g/mol. The SMILES string of the molecule is Cc1ccccc1CN(C)C(CN)c1cccc(Cl)c1Cl. The highest BCUT2D eigenvalue weighted by atomic mass is 35.5. The molecule has 0 radical (unpaired) electrons. The lowest BCUT2D eigenvalue weighted by Gasteiger charge is -2.28. The number of likely N-dealkylation sites (N-methyl/N-ethyl adjacent to an activating group) is 1. The average molecular weight is 323 g/mol. The third kappa shape index (κ3) is 3.78. The molecule has 2 N–H and O–H groups in total. The Labute approximate surface area is 136 Å². The summed E-state index contributed by atoms with van der Waals surface area (Å²) in [5.41, 5.74) is 9.51. The molecule has 0 bridgehead atoms. The molecule has 0 aliphatic rings. The Hall–Kier alpha value is -1.06. The van der Waals surface area contributed by atoms with Gasteiger partial charge in [0.15, 0.2) is 0 Å². The standard InChI is InChI=1S/C17H20Cl2N2/c1-12-6-3-4-7-13(12)11-21(2)16(10-20)14-8-5-9-15(18)17(14)19/h3-9,16H,10-11,20H2,1-2H3. The molecule has 2 nitrogen and oxygen atoms in total. The quantitative estimate of drug-likeness (QED) is 0.882. The third-order valence-electron chi connectivity index (χ3n) is 3.78. The fraction of sp³-hybridized carbons (Fsp3) is 0.294. The minimum atomic E-state index is 0.0378. The van der Waals surface area contributed by atoms with E-state index in [0.717, 1.165) is 12.1 Å². The van der Waals surface area contributed by atoms with Crippen molar-refractivity contribution in [1.29, 1.82) is 0 Å². The van der Waals surface area contributed by atoms with Crippen molar-refractivity contribution in [3.05, 3.63) is 69.2 Å². The number of benzene rings is 2. The molecule has 0 aliphatic carbocycles. The molecule has 0 saturated heterocycles. The summed E-state index contributed by atoms with van der Waals surface area (Å²) >= 11 is 12.4. The molecular formula is C17H20Cl2N2. The molecule has 2 rings (SSSR count). The van der Waals surface area contributed by atoms with E-state index in [4.69, 9.17) is 28.9 Å². The normalized spacial score (nSPS) is 12.7. The van der Waals surface area contributed by atoms with E-state index in [2.05, 4.69) is 37.1 Å². The van der Waals surface area contributed by atoms with Gasteiger partial charge in [-0.2, -0.15) is 0 Å². The van der Waals surface area contributed by atoms with Gasteiger partial charge >= 0.3 is 0 Å². The number of nitrogens with zero attached hydrogens (tertiary/aromatic N) is 1. The Balaban J connectivity index is 2.25. The van der Waals surface area contributed by atoms with Gasteiger partial charge in [0, 0.05) is 19.1 Å². The summed E-state index contributed by atoms with van der Waals surface area (Å²) in [6, 6.07) is 14.1. The number of rotatable bonds is 5. The van der Waals surface area contributed by atoms with Crippen LogP contribution in [0.3, 0.4) is 0 Å². The molecule has 1 unspecified atom stereocenters. The highest BCUT2D eigenvalue weighted by Crippen LogP contribution is 2.32. The molecule has 0 saturated carbocycles. The zero-order valence-corrected chi connectivity index (χ0v) is 13.8. The Morgan fingerprint density at radius 1 is 1.10 bits per heavy atom. The molecule has 0 aliphatic heterocycles. The van der Waals surface area contributed by atoms with E-state index in [0.29, 0.717) is 16.6 Å². The maximum atomic E-state index is 6.33. The second-order valence-corrected chi connectivity index (χ2v) is 6.02. The van der Waals surface area contributed by atoms with Gasteiger partial charge < -0.3 is 5.73 Å². The second-order valence-electron chi connectivity index (χ2n) is 5.24. The monoisotopic (exact) mass is 322 g/mol. The van der Waals surface area contributed by atoms with Crippen LogP contribution in [0.5, 0.6) is 0 Å². The smallest absolute Gasteiger partial charge is 0.0640 e. The lowest BCUT2D eigenvalue weighted by Crippen LogP contribution is -2.30. The van der Waals surface area contributed by atoms with Crippen LogP contribution in [0, 0.1) is 6.92 Å². The van der Waals surface area contributed by atoms with Gasteiger partial charge in [0.1, 0.15) is 0 Å². The van der Waals surface area contributed by atoms with Gasteiger partial charge in [0.2, 0.25) is 0 Å². The summed E-state index contributed by atoms with van der Waals surface area (Å²) in [5.74, 6) is 0. The average Bonchev–Trinajstić information content (AvgIpc) is 2.47. The Morgan fingerprint density at radius 3 is 2.48 bits per heavy atom. The summed E-state index contributed by atoms with van der Waals surface area (Å²) in [5, 5.41) is 1.16. The van der Waals surface area contributed by atoms with Gasteiger partial charge in [0.25, 0.3) is 0 Å². The Morgan fingerprint density at radius 2 is 1.81 bits per heavy atom. The number of nitrogens with two attached hydrogens (primary N) is 1. The minimum Gasteiger partial charge on any atom is -0.329 e. The molecule has 2 aromatic carbocycles. The van der Waals surface area contributed by atoms with Gasteiger partial charge in [-0.15, -0.1) is 0 Å². The number of hydrogen-bond acceptors (Lipinski definition) is 2. The summed E-state index contributed by atoms with van der Waals surface area (Å²) in [6.45, 7) is 3.42. The zero-order chi connectivity index (χ0) is 15.4. The van der Waals surface area contributed by atoms with Gasteiger partial charge in [0.05, 0.1) is 10.0 Å². The van der Waals surface area contributed by atoms with Crippen LogP contribution in [0.2, 0.25) is 10.0 Å². The van der Waals surface area contributed by atoms with Crippen molar-refractivity contribution in [3.8, 4) is 0 Å². The Bertz CT molecular complexity index is 613. The third-order valence-corrected chi connectivity index (χ3v) is 4.61. The van der Waals surface area contributed by atoms with E-state index in [-0.39, 0.29) is 6.04 Å². The first-order valence-corrected chi connectivity index (χ1v) is 7.69. The van der Waals surface area contributed by atoms with Crippen molar-refractivity contribution in [3.63, 3.8) is 0 Å². The fourth-order valence-corrected chi connectivity index (χ4v) is 2.92. The van der Waals surface area contributed by atoms with Crippen molar-refractivity contribution in [2.24, 2.45) is 5.73 Å². The van der Waals surface area contributed by atoms with Crippen LogP contribution in [0.4, 0.5) is 0 Å². The van der Waals surface area contributed by atoms with E-state index in [9.17, 15) is 0 Å². The van der Waals surface area contributed by atoms with Crippen molar-refractivity contribution in [2.45, 2.75) is 19.5 Å². The molecule has 2 aromatic rings. The van der Waals surface area contributed by atoms with E-state index in [1.165, 1.54) is 11.1 Å². The first-order chi connectivity index (χ1) is 10.0. The second kappa shape index (κ2) is 7.28. The van der Waals surface area contributed by atoms with Crippen LogP contribution >= 0.6 is 23.2 Å². The van der Waals surface area contributed by atoms with Crippen molar-refractivity contribution in [1.82, 2.24) is 4.90 Å². The lowest BCUT2D eigenvalue weighted by atomic mass is 10.0. The number of hydrogen-bond donors (Lipinski definition) is 1. The molecule has 0 amide bonds. The highest BCUT2D eigenvalue weighted by Gasteiger charge is 2.19. The van der Waals surface area contributed by atoms with Gasteiger partial charge in [-0.05, 0) is 36.7 Å². The molecule has 0 spiro atoms. The maximum absolute atomic E-state index is 6.33. The van der Waals surface area contributed by atoms with Gasteiger partial charge in [-0.25, -0.2) is 0 Å². The molecule has 4 heteroatoms. The largest absolute Gasteiger partial charge is 0.329 e. The van der Waals surface area contributed by atoms with Crippen LogP contribution in [0.1, 0.15) is 22.7 Å². The lowest BCUT2D eigenvalue weighted by molar-refractivity contribution is 0.241. The summed E-state index contributed by atoms with van der Waals surface area (Å²) in [6.07, 6.45) is 0. The van der Waals surface area contributed by atoms with Crippen LogP contribution in [-0.2, 0) is 6.54 Å². The van der Waals surface area contributed by atoms with E-state index in [1.807, 2.05) is 18.2 Å². The topological polar surface area (TPSA) is 29.3 Å². The molecule has 0 heterocycles. The van der Waals surface area contributed by atoms with E-state index >= 15 is 0 Å². The van der Waals surface area contributed by atoms with E-state index in [1.54, 1.807) is 6.07 Å². The first-order valence-electron chi connectivity index (χ1n) is 6.93. The van der Waals surface area contributed by atoms with Crippen LogP contribution in [0.15, 0.2) is 42.5 Å². The number of aryl methyl sites for hydroxylation is 1. The fourth-order valence-electron chi connectivity index (χ4n) is 2.49. The molecule has 1 atom stereocenters. The minimum absolute atomic E-state index is 0.0378. The summed E-state index contributed by atoms with van der Waals surface area (Å²) in [7, 11) is 2.06. The zero-order valence-electron chi connectivity index (χ0n) is 12.3. The summed E-state index contributed by atoms with van der Waals surface area (Å²) in [4.78, 5) is 2.21. The number of halogens is 2. The van der Waals surface area contributed by atoms with Crippen LogP contribution in [-0.4, -0.2) is 18.5 Å². The highest BCUT2D eigenvalue weighted by molar-refractivity contribution is 6.42. The van der Waals surface area contributed by atoms with Gasteiger partial charge in [-0.3, -0.25) is 4.90 Å². The van der Waals surface area contributed by atoms with Crippen LogP contribution in [0.25, 0.3) is 0 Å². The van der Waals surface area contributed by atoms with Crippen molar-refractivity contribution in [2.75, 3.05) is 13.6 Å². The molecule has 0 fully saturated rings. The van der Waals surface area contributed by atoms with Gasteiger partial charge in [-0.1, -0.05) is 59.6 Å². The first kappa shape index (κ1) is 16.3. The molecule has 21 heavy (non-hydrogen) atoms. The Kier molecular flexibility index (Phi) is 5.65.